The summed E-state index contributed by atoms with van der Waals surface area (Å²) in [5, 5.41) is 2.52. The lowest BCUT2D eigenvalue weighted by molar-refractivity contribution is 0.982. The van der Waals surface area contributed by atoms with E-state index in [9.17, 15) is 0 Å². The highest BCUT2D eigenvalue weighted by atomic mass is 15.0. The molecule has 3 rings (SSSR count). The molecule has 0 bridgehead atoms. The Morgan fingerprint density at radius 3 is 2.67 bits per heavy atom. The fourth-order valence-electron chi connectivity index (χ4n) is 2.12. The van der Waals surface area contributed by atoms with Crippen LogP contribution in [0.4, 0.5) is 0 Å². The first-order valence-electron chi connectivity index (χ1n) is 5.08. The number of rotatable bonds is 0. The molecule has 2 aromatic heterocycles. The molecule has 2 nitrogen and oxygen atoms in total. The monoisotopic (exact) mass is 196 g/mol. The van der Waals surface area contributed by atoms with Crippen molar-refractivity contribution in [1.29, 1.82) is 0 Å². The van der Waals surface area contributed by atoms with Gasteiger partial charge in [-0.05, 0) is 25.1 Å². The Kier molecular flexibility index (Phi) is 1.60. The summed E-state index contributed by atoms with van der Waals surface area (Å²) in [7, 11) is 2.07. The van der Waals surface area contributed by atoms with Crippen LogP contribution < -0.4 is 0 Å². The number of nitrogens with zero attached hydrogens (tertiary/aromatic N) is 2. The van der Waals surface area contributed by atoms with Gasteiger partial charge in [0.1, 0.15) is 5.65 Å². The van der Waals surface area contributed by atoms with Gasteiger partial charge in [-0.25, -0.2) is 4.98 Å². The van der Waals surface area contributed by atoms with E-state index in [-0.39, 0.29) is 0 Å². The van der Waals surface area contributed by atoms with Crippen LogP contribution in [0.2, 0.25) is 0 Å². The van der Waals surface area contributed by atoms with Crippen LogP contribution in [0.15, 0.2) is 36.4 Å². The van der Waals surface area contributed by atoms with Crippen molar-refractivity contribution in [2.45, 2.75) is 6.92 Å². The average Bonchev–Trinajstić information content (AvgIpc) is 2.54. The van der Waals surface area contributed by atoms with E-state index in [0.29, 0.717) is 0 Å². The molecule has 0 unspecified atom stereocenters. The number of hydrogen-bond acceptors (Lipinski definition) is 1. The van der Waals surface area contributed by atoms with Gasteiger partial charge in [0, 0.05) is 23.5 Å². The van der Waals surface area contributed by atoms with E-state index in [1.165, 1.54) is 16.3 Å². The zero-order valence-corrected chi connectivity index (χ0v) is 8.86. The van der Waals surface area contributed by atoms with Gasteiger partial charge in [0.05, 0.1) is 5.52 Å². The lowest BCUT2D eigenvalue weighted by atomic mass is 10.2. The maximum Gasteiger partial charge on any atom is 0.140 e. The zero-order valence-electron chi connectivity index (χ0n) is 8.86. The molecule has 0 aliphatic rings. The first-order chi connectivity index (χ1) is 7.27. The summed E-state index contributed by atoms with van der Waals surface area (Å²) in [6.45, 7) is 2.02. The highest BCUT2D eigenvalue weighted by Crippen LogP contribution is 2.26. The lowest BCUT2D eigenvalue weighted by Crippen LogP contribution is -1.90. The molecule has 1 aromatic carbocycles. The standard InChI is InChI=1S/C13H12N2/c1-9-7-8-11-10-5-3-4-6-12(10)15(2)13(11)14-9/h3-8H,1-2H3. The fourth-order valence-corrected chi connectivity index (χ4v) is 2.12. The van der Waals surface area contributed by atoms with Gasteiger partial charge in [0.25, 0.3) is 0 Å². The van der Waals surface area contributed by atoms with E-state index in [1.807, 2.05) is 6.92 Å². The molecule has 0 N–H and O–H groups in total. The van der Waals surface area contributed by atoms with Crippen LogP contribution in [-0.2, 0) is 7.05 Å². The highest BCUT2D eigenvalue weighted by Gasteiger charge is 2.07. The minimum absolute atomic E-state index is 1.06. The van der Waals surface area contributed by atoms with Crippen molar-refractivity contribution < 1.29 is 0 Å². The smallest absolute Gasteiger partial charge is 0.140 e. The second kappa shape index (κ2) is 2.83. The largest absolute Gasteiger partial charge is 0.328 e. The Labute approximate surface area is 88.2 Å². The molecule has 0 amide bonds. The molecule has 74 valence electrons. The molecule has 3 aromatic rings. The van der Waals surface area contributed by atoms with Crippen LogP contribution in [-0.4, -0.2) is 9.55 Å². The number of aryl methyl sites for hydroxylation is 2. The number of fused-ring (bicyclic) bond motifs is 3. The molecule has 0 spiro atoms. The van der Waals surface area contributed by atoms with E-state index in [4.69, 9.17) is 0 Å². The molecule has 2 heteroatoms. The molecule has 0 aliphatic heterocycles. The van der Waals surface area contributed by atoms with Gasteiger partial charge >= 0.3 is 0 Å². The normalized spacial score (nSPS) is 11.3. The van der Waals surface area contributed by atoms with Crippen molar-refractivity contribution in [3.63, 3.8) is 0 Å². The van der Waals surface area contributed by atoms with Crippen molar-refractivity contribution in [3.8, 4) is 0 Å². The molecular weight excluding hydrogens is 184 g/mol. The fraction of sp³-hybridized carbons (Fsp3) is 0.154. The number of pyridine rings is 1. The first-order valence-corrected chi connectivity index (χ1v) is 5.08. The summed E-state index contributed by atoms with van der Waals surface area (Å²) in [6, 6.07) is 12.6. The molecule has 2 heterocycles. The number of benzene rings is 1. The van der Waals surface area contributed by atoms with Crippen molar-refractivity contribution in [3.05, 3.63) is 42.1 Å². The molecular formula is C13H12N2. The quantitative estimate of drug-likeness (QED) is 0.540. The molecule has 15 heavy (non-hydrogen) atoms. The minimum atomic E-state index is 1.06. The second-order valence-corrected chi connectivity index (χ2v) is 3.90. The number of aromatic nitrogens is 2. The van der Waals surface area contributed by atoms with Gasteiger partial charge in [-0.2, -0.15) is 0 Å². The van der Waals surface area contributed by atoms with Gasteiger partial charge in [0.15, 0.2) is 0 Å². The van der Waals surface area contributed by atoms with Crippen LogP contribution in [0.1, 0.15) is 5.69 Å². The summed E-state index contributed by atoms with van der Waals surface area (Å²) >= 11 is 0. The van der Waals surface area contributed by atoms with Crippen LogP contribution in [0.3, 0.4) is 0 Å². The van der Waals surface area contributed by atoms with Gasteiger partial charge in [-0.1, -0.05) is 18.2 Å². The van der Waals surface area contributed by atoms with Crippen LogP contribution in [0.5, 0.6) is 0 Å². The Balaban J connectivity index is 2.63. The Morgan fingerprint density at radius 2 is 1.80 bits per heavy atom. The summed E-state index contributed by atoms with van der Waals surface area (Å²) in [5.74, 6) is 0. The molecule has 0 radical (unpaired) electrons. The highest BCUT2D eigenvalue weighted by molar-refractivity contribution is 6.06. The second-order valence-electron chi connectivity index (χ2n) is 3.90. The van der Waals surface area contributed by atoms with Gasteiger partial charge in [0.2, 0.25) is 0 Å². The van der Waals surface area contributed by atoms with E-state index in [1.54, 1.807) is 0 Å². The predicted molar refractivity (Wildman–Crippen MR) is 63.0 cm³/mol. The number of hydrogen-bond donors (Lipinski definition) is 0. The van der Waals surface area contributed by atoms with E-state index >= 15 is 0 Å². The Hall–Kier alpha value is -1.83. The third-order valence-electron chi connectivity index (χ3n) is 2.89. The van der Waals surface area contributed by atoms with Crippen LogP contribution >= 0.6 is 0 Å². The van der Waals surface area contributed by atoms with E-state index in [0.717, 1.165) is 11.3 Å². The van der Waals surface area contributed by atoms with Crippen molar-refractivity contribution in [2.24, 2.45) is 7.05 Å². The maximum absolute atomic E-state index is 4.58. The van der Waals surface area contributed by atoms with Crippen LogP contribution in [0.25, 0.3) is 21.9 Å². The van der Waals surface area contributed by atoms with Crippen molar-refractivity contribution in [1.82, 2.24) is 9.55 Å². The predicted octanol–water partition coefficient (Wildman–Crippen LogP) is 3.03. The Bertz CT molecular complexity index is 650. The zero-order chi connectivity index (χ0) is 10.4. The molecule has 0 atom stereocenters. The van der Waals surface area contributed by atoms with Gasteiger partial charge < -0.3 is 4.57 Å². The number of para-hydroxylation sites is 1. The van der Waals surface area contributed by atoms with Crippen molar-refractivity contribution >= 4 is 21.9 Å². The van der Waals surface area contributed by atoms with E-state index in [2.05, 4.69) is 53.0 Å². The average molecular weight is 196 g/mol. The third-order valence-corrected chi connectivity index (χ3v) is 2.89. The summed E-state index contributed by atoms with van der Waals surface area (Å²) in [4.78, 5) is 4.58. The molecule has 0 saturated heterocycles. The SMILES string of the molecule is Cc1ccc2c3ccccc3n(C)c2n1. The van der Waals surface area contributed by atoms with Crippen LogP contribution in [0, 0.1) is 6.92 Å². The Morgan fingerprint density at radius 1 is 1.00 bits per heavy atom. The van der Waals surface area contributed by atoms with Crippen molar-refractivity contribution in [2.75, 3.05) is 0 Å². The summed E-state index contributed by atoms with van der Waals surface area (Å²) in [6.07, 6.45) is 0. The molecule has 0 saturated carbocycles. The summed E-state index contributed by atoms with van der Waals surface area (Å²) in [5.41, 5.74) is 3.37. The maximum atomic E-state index is 4.58. The first kappa shape index (κ1) is 8.48. The van der Waals surface area contributed by atoms with E-state index < -0.39 is 0 Å². The minimum Gasteiger partial charge on any atom is -0.328 e. The van der Waals surface area contributed by atoms with Gasteiger partial charge in [-0.3, -0.25) is 0 Å². The topological polar surface area (TPSA) is 17.8 Å². The van der Waals surface area contributed by atoms with Gasteiger partial charge in [-0.15, -0.1) is 0 Å². The molecule has 0 fully saturated rings. The third kappa shape index (κ3) is 1.08. The lowest BCUT2D eigenvalue weighted by Gasteiger charge is -1.96. The molecule has 0 aliphatic carbocycles. The summed E-state index contributed by atoms with van der Waals surface area (Å²) < 4.78 is 2.15.